The third kappa shape index (κ3) is 5.75. The summed E-state index contributed by atoms with van der Waals surface area (Å²) in [6, 6.07) is 17.4. The Balaban J connectivity index is 1.32. The van der Waals surface area contributed by atoms with Gasteiger partial charge in [0.15, 0.2) is 0 Å². The summed E-state index contributed by atoms with van der Waals surface area (Å²) in [5.74, 6) is -3.30. The molecule has 1 aliphatic carbocycles. The molecule has 2 aliphatic rings. The Bertz CT molecular complexity index is 1340. The van der Waals surface area contributed by atoms with Crippen molar-refractivity contribution in [1.29, 1.82) is 0 Å². The predicted octanol–water partition coefficient (Wildman–Crippen LogP) is 7.43. The molecular weight excluding hydrogens is 529 g/mol. The Labute approximate surface area is 219 Å². The van der Waals surface area contributed by atoms with Crippen LogP contribution >= 0.6 is 11.6 Å². The molecule has 1 aliphatic heterocycles. The van der Waals surface area contributed by atoms with E-state index in [1.54, 1.807) is 48.5 Å². The largest absolute Gasteiger partial charge is 0.493 e. The Kier molecular flexibility index (Phi) is 6.77. The lowest BCUT2D eigenvalue weighted by atomic mass is 9.90. The second-order valence-corrected chi connectivity index (χ2v) is 9.61. The molecule has 11 heteroatoms. The number of nitrogens with zero attached hydrogens (tertiary/aromatic N) is 2. The second-order valence-electron chi connectivity index (χ2n) is 9.17. The highest BCUT2D eigenvalue weighted by molar-refractivity contribution is 6.30. The fraction of sp³-hybridized carbons (Fsp3) is 0.259. The zero-order valence-corrected chi connectivity index (χ0v) is 20.4. The zero-order chi connectivity index (χ0) is 27.1. The van der Waals surface area contributed by atoms with Crippen molar-refractivity contribution in [3.05, 3.63) is 94.5 Å². The van der Waals surface area contributed by atoms with Crippen LogP contribution in [0.4, 0.5) is 32.4 Å². The molecule has 0 saturated heterocycles. The maximum Gasteiger partial charge on any atom is 0.416 e. The van der Waals surface area contributed by atoms with Gasteiger partial charge in [-0.15, -0.1) is 0 Å². The lowest BCUT2D eigenvalue weighted by Gasteiger charge is -2.17. The third-order valence-corrected chi connectivity index (χ3v) is 6.69. The van der Waals surface area contributed by atoms with Crippen LogP contribution in [0.25, 0.3) is 0 Å². The van der Waals surface area contributed by atoms with Crippen LogP contribution in [0.1, 0.15) is 29.0 Å². The Hall–Kier alpha value is -3.66. The molecule has 2 unspecified atom stereocenters. The minimum absolute atomic E-state index is 0.0643. The quantitative estimate of drug-likeness (QED) is 0.325. The van der Waals surface area contributed by atoms with E-state index in [9.17, 15) is 26.7 Å². The van der Waals surface area contributed by atoms with Crippen molar-refractivity contribution >= 4 is 29.0 Å². The molecule has 2 atom stereocenters. The highest BCUT2D eigenvalue weighted by atomic mass is 35.5. The standard InChI is InChI=1S/C27H21ClF5N3O2/c28-20-7-1-17(2-8-20)24-23(16-3-11-22(12-4-16)38-15-19-13-26(19,29)30)14-36(35-24)25(37)34-21-9-5-18(6-10-21)27(31,32)33/h1-12,19,23H,13-15H2,(H,34,37). The third-order valence-electron chi connectivity index (χ3n) is 6.44. The van der Waals surface area contributed by atoms with Crippen molar-refractivity contribution in [2.75, 3.05) is 18.5 Å². The molecule has 1 saturated carbocycles. The monoisotopic (exact) mass is 549 g/mol. The molecule has 5 rings (SSSR count). The van der Waals surface area contributed by atoms with Gasteiger partial charge < -0.3 is 10.1 Å². The molecule has 0 bridgehead atoms. The first-order chi connectivity index (χ1) is 18.0. The number of hydrazone groups is 1. The van der Waals surface area contributed by atoms with Crippen molar-refractivity contribution in [3.63, 3.8) is 0 Å². The number of hydrogen-bond acceptors (Lipinski definition) is 3. The Morgan fingerprint density at radius 1 is 1.03 bits per heavy atom. The van der Waals surface area contributed by atoms with E-state index < -0.39 is 29.6 Å². The van der Waals surface area contributed by atoms with Crippen LogP contribution in [0.2, 0.25) is 5.02 Å². The van der Waals surface area contributed by atoms with Crippen LogP contribution in [0.5, 0.6) is 5.75 Å². The van der Waals surface area contributed by atoms with Gasteiger partial charge in [-0.25, -0.2) is 18.6 Å². The van der Waals surface area contributed by atoms with Gasteiger partial charge in [-0.3, -0.25) is 0 Å². The highest BCUT2D eigenvalue weighted by Crippen LogP contribution is 2.48. The normalized spacial score (nSPS) is 20.2. The summed E-state index contributed by atoms with van der Waals surface area (Å²) in [6.07, 6.45) is -4.65. The lowest BCUT2D eigenvalue weighted by Crippen LogP contribution is -2.30. The molecule has 0 spiro atoms. The highest BCUT2D eigenvalue weighted by Gasteiger charge is 2.57. The Morgan fingerprint density at radius 2 is 1.66 bits per heavy atom. The number of nitrogens with one attached hydrogen (secondary N) is 1. The van der Waals surface area contributed by atoms with Crippen LogP contribution in [-0.2, 0) is 6.18 Å². The number of halogens is 6. The SMILES string of the molecule is O=C(Nc1ccc(C(F)(F)F)cc1)N1CC(c2ccc(OCC3CC3(F)F)cc2)C(c2ccc(Cl)cc2)=N1. The number of carbonyl (C=O) groups is 1. The first kappa shape index (κ1) is 26.0. The molecule has 2 amide bonds. The number of alkyl halides is 5. The van der Waals surface area contributed by atoms with E-state index in [0.717, 1.165) is 23.3 Å². The molecule has 3 aromatic rings. The fourth-order valence-electron chi connectivity index (χ4n) is 4.15. The minimum Gasteiger partial charge on any atom is -0.493 e. The number of carbonyl (C=O) groups excluding carboxylic acids is 1. The molecule has 1 fully saturated rings. The van der Waals surface area contributed by atoms with Crippen LogP contribution < -0.4 is 10.1 Å². The summed E-state index contributed by atoms with van der Waals surface area (Å²) < 4.78 is 70.2. The number of rotatable bonds is 6. The molecule has 1 N–H and O–H groups in total. The van der Waals surface area contributed by atoms with Gasteiger partial charge in [0, 0.05) is 23.0 Å². The van der Waals surface area contributed by atoms with E-state index in [1.165, 1.54) is 17.1 Å². The smallest absolute Gasteiger partial charge is 0.416 e. The summed E-state index contributed by atoms with van der Waals surface area (Å²) in [5, 5.41) is 8.83. The van der Waals surface area contributed by atoms with Gasteiger partial charge >= 0.3 is 12.2 Å². The number of benzene rings is 3. The van der Waals surface area contributed by atoms with Crippen LogP contribution in [0.3, 0.4) is 0 Å². The summed E-state index contributed by atoms with van der Waals surface area (Å²) >= 11 is 6.03. The van der Waals surface area contributed by atoms with Crippen molar-refractivity contribution in [2.45, 2.75) is 24.4 Å². The molecule has 3 aromatic carbocycles. The van der Waals surface area contributed by atoms with Crippen molar-refractivity contribution < 1.29 is 31.5 Å². The van der Waals surface area contributed by atoms with Crippen LogP contribution in [0.15, 0.2) is 77.9 Å². The molecule has 5 nitrogen and oxygen atoms in total. The van der Waals surface area contributed by atoms with Crippen LogP contribution in [-0.4, -0.2) is 35.8 Å². The van der Waals surface area contributed by atoms with Gasteiger partial charge in [0.05, 0.1) is 30.3 Å². The average molecular weight is 550 g/mol. The number of anilines is 1. The summed E-state index contributed by atoms with van der Waals surface area (Å²) in [5.41, 5.74) is 1.51. The van der Waals surface area contributed by atoms with E-state index in [-0.39, 0.29) is 31.2 Å². The van der Waals surface area contributed by atoms with Gasteiger partial charge in [0.25, 0.3) is 5.92 Å². The van der Waals surface area contributed by atoms with Crippen molar-refractivity contribution in [3.8, 4) is 5.75 Å². The summed E-state index contributed by atoms with van der Waals surface area (Å²) in [4.78, 5) is 12.9. The zero-order valence-electron chi connectivity index (χ0n) is 19.7. The van der Waals surface area contributed by atoms with E-state index in [2.05, 4.69) is 10.4 Å². The molecule has 38 heavy (non-hydrogen) atoms. The topological polar surface area (TPSA) is 53.9 Å². The van der Waals surface area contributed by atoms with E-state index in [1.807, 2.05) is 0 Å². The van der Waals surface area contributed by atoms with Crippen LogP contribution in [0, 0.1) is 5.92 Å². The summed E-state index contributed by atoms with van der Waals surface area (Å²) in [7, 11) is 0. The predicted molar refractivity (Wildman–Crippen MR) is 133 cm³/mol. The molecule has 0 aromatic heterocycles. The Morgan fingerprint density at radius 3 is 2.24 bits per heavy atom. The summed E-state index contributed by atoms with van der Waals surface area (Å²) in [6.45, 7) is 0.101. The van der Waals surface area contributed by atoms with Gasteiger partial charge in [0.2, 0.25) is 0 Å². The maximum atomic E-state index is 13.1. The molecule has 198 valence electrons. The van der Waals surface area contributed by atoms with Gasteiger partial charge in [0.1, 0.15) is 5.75 Å². The van der Waals surface area contributed by atoms with Gasteiger partial charge in [-0.2, -0.15) is 18.3 Å². The molecule has 0 radical (unpaired) electrons. The number of amides is 2. The minimum atomic E-state index is -4.48. The lowest BCUT2D eigenvalue weighted by molar-refractivity contribution is -0.137. The van der Waals surface area contributed by atoms with Crippen molar-refractivity contribution in [2.24, 2.45) is 11.0 Å². The molecular formula is C27H21ClF5N3O2. The first-order valence-corrected chi connectivity index (χ1v) is 12.1. The number of hydrogen-bond donors (Lipinski definition) is 1. The maximum absolute atomic E-state index is 13.1. The second kappa shape index (κ2) is 9.90. The van der Waals surface area contributed by atoms with Gasteiger partial charge in [-0.1, -0.05) is 35.9 Å². The first-order valence-electron chi connectivity index (χ1n) is 11.7. The van der Waals surface area contributed by atoms with E-state index >= 15 is 0 Å². The molecule has 1 heterocycles. The average Bonchev–Trinajstić information content (AvgIpc) is 3.27. The number of ether oxygens (including phenoxy) is 1. The van der Waals surface area contributed by atoms with E-state index in [0.29, 0.717) is 16.5 Å². The van der Waals surface area contributed by atoms with Gasteiger partial charge in [-0.05, 0) is 59.7 Å². The van der Waals surface area contributed by atoms with E-state index in [4.69, 9.17) is 16.3 Å². The van der Waals surface area contributed by atoms with Crippen molar-refractivity contribution in [1.82, 2.24) is 5.01 Å². The number of urea groups is 1. The fourth-order valence-corrected chi connectivity index (χ4v) is 4.27.